The number of aromatic nitrogens is 2. The number of aromatic amines is 1. The van der Waals surface area contributed by atoms with Gasteiger partial charge in [0.15, 0.2) is 12.0 Å². The second-order valence-corrected chi connectivity index (χ2v) is 8.43. The molecule has 2 aliphatic rings. The summed E-state index contributed by atoms with van der Waals surface area (Å²) in [5, 5.41) is 20.4. The fourth-order valence-corrected chi connectivity index (χ4v) is 3.40. The van der Waals surface area contributed by atoms with Gasteiger partial charge in [-0.25, -0.2) is 0 Å². The normalized spacial score (nSPS) is 29.3. The van der Waals surface area contributed by atoms with Crippen LogP contribution in [0.15, 0.2) is 4.79 Å². The SMILES string of the molecule is CN1CN([C@@H]2O[C@H](COP(O)(O)=S)[C@@H](O)[C@H]2O)c2nc(N)[nH]c(=O)c21. The summed E-state index contributed by atoms with van der Waals surface area (Å²) in [5.74, 6) is 0.106. The minimum atomic E-state index is -3.92. The highest BCUT2D eigenvalue weighted by molar-refractivity contribution is 8.06. The van der Waals surface area contributed by atoms with E-state index in [-0.39, 0.29) is 24.1 Å². The standard InChI is InChI=1S/C11H18N5O7PS/c1-15-3-16(8-5(15)9(19)14-11(12)13-8)10-7(18)6(17)4(23-10)2-22-24(20,21)25/h4,6-7,10,17-18H,2-3H2,1H3,(H2,20,21,25)(H3,12,13,14,19)/t4-,6-,7-,10-/m1/s1. The van der Waals surface area contributed by atoms with Gasteiger partial charge < -0.3 is 44.8 Å². The molecule has 3 heterocycles. The van der Waals surface area contributed by atoms with Gasteiger partial charge in [-0.05, 0) is 11.8 Å². The molecule has 2 aliphatic heterocycles. The zero-order valence-corrected chi connectivity index (χ0v) is 14.7. The monoisotopic (exact) mass is 395 g/mol. The number of anilines is 3. The number of nitrogens with one attached hydrogen (secondary N) is 1. The first-order chi connectivity index (χ1) is 11.6. The first-order valence-corrected chi connectivity index (χ1v) is 9.80. The van der Waals surface area contributed by atoms with E-state index in [1.165, 1.54) is 4.90 Å². The fraction of sp³-hybridized carbons (Fsp3) is 0.636. The Hall–Kier alpha value is -1.31. The molecule has 140 valence electrons. The van der Waals surface area contributed by atoms with Crippen LogP contribution < -0.4 is 21.1 Å². The van der Waals surface area contributed by atoms with Gasteiger partial charge in [0.25, 0.3) is 5.56 Å². The maximum atomic E-state index is 12.0. The summed E-state index contributed by atoms with van der Waals surface area (Å²) < 4.78 is 10.3. The molecule has 0 radical (unpaired) electrons. The lowest BCUT2D eigenvalue weighted by atomic mass is 10.1. The van der Waals surface area contributed by atoms with Gasteiger partial charge in [-0.1, -0.05) is 0 Å². The number of hydrogen-bond donors (Lipinski definition) is 6. The summed E-state index contributed by atoms with van der Waals surface area (Å²) in [7, 11) is 1.65. The van der Waals surface area contributed by atoms with Crippen molar-refractivity contribution in [3.8, 4) is 0 Å². The molecule has 7 N–H and O–H groups in total. The van der Waals surface area contributed by atoms with E-state index in [2.05, 4.69) is 21.8 Å². The lowest BCUT2D eigenvalue weighted by Gasteiger charge is -2.27. The van der Waals surface area contributed by atoms with Gasteiger partial charge in [0.05, 0.1) is 13.3 Å². The Bertz CT molecular complexity index is 772. The Morgan fingerprint density at radius 3 is 2.80 bits per heavy atom. The third-order valence-electron chi connectivity index (χ3n) is 3.96. The minimum absolute atomic E-state index is 0.0989. The molecule has 0 aromatic carbocycles. The number of aliphatic hydroxyl groups excluding tert-OH is 2. The number of ether oxygens (including phenoxy) is 1. The average molecular weight is 395 g/mol. The predicted molar refractivity (Wildman–Crippen MR) is 90.4 cm³/mol. The van der Waals surface area contributed by atoms with E-state index in [4.69, 9.17) is 24.8 Å². The maximum absolute atomic E-state index is 12.0. The van der Waals surface area contributed by atoms with Crippen molar-refractivity contribution in [1.82, 2.24) is 9.97 Å². The van der Waals surface area contributed by atoms with Crippen LogP contribution in [0.1, 0.15) is 0 Å². The van der Waals surface area contributed by atoms with Crippen LogP contribution in [0.5, 0.6) is 0 Å². The Balaban J connectivity index is 1.84. The van der Waals surface area contributed by atoms with Crippen LogP contribution in [0, 0.1) is 0 Å². The van der Waals surface area contributed by atoms with Crippen LogP contribution in [-0.4, -0.2) is 74.8 Å². The quantitative estimate of drug-likeness (QED) is 0.290. The van der Waals surface area contributed by atoms with E-state index in [1.54, 1.807) is 11.9 Å². The third kappa shape index (κ3) is 3.50. The molecular weight excluding hydrogens is 377 g/mol. The minimum Gasteiger partial charge on any atom is -0.387 e. The van der Waals surface area contributed by atoms with Crippen molar-refractivity contribution < 1.29 is 29.3 Å². The van der Waals surface area contributed by atoms with Gasteiger partial charge in [0.1, 0.15) is 24.0 Å². The molecule has 12 nitrogen and oxygen atoms in total. The second-order valence-electron chi connectivity index (χ2n) is 5.77. The molecule has 4 atom stereocenters. The van der Waals surface area contributed by atoms with Gasteiger partial charge >= 0.3 is 6.72 Å². The number of rotatable bonds is 4. The molecule has 25 heavy (non-hydrogen) atoms. The molecule has 0 amide bonds. The molecule has 0 saturated carbocycles. The third-order valence-corrected chi connectivity index (χ3v) is 4.77. The number of fused-ring (bicyclic) bond motifs is 1. The van der Waals surface area contributed by atoms with Gasteiger partial charge in [-0.15, -0.1) is 0 Å². The lowest BCUT2D eigenvalue weighted by Crippen LogP contribution is -2.45. The highest BCUT2D eigenvalue weighted by Gasteiger charge is 2.48. The largest absolute Gasteiger partial charge is 0.387 e. The van der Waals surface area contributed by atoms with Crippen molar-refractivity contribution in [3.05, 3.63) is 10.4 Å². The molecule has 0 spiro atoms. The van der Waals surface area contributed by atoms with E-state index in [9.17, 15) is 15.0 Å². The summed E-state index contributed by atoms with van der Waals surface area (Å²) in [6.45, 7) is -4.18. The summed E-state index contributed by atoms with van der Waals surface area (Å²) in [6, 6.07) is 0. The number of H-pyrrole nitrogens is 1. The van der Waals surface area contributed by atoms with E-state index >= 15 is 0 Å². The average Bonchev–Trinajstić information content (AvgIpc) is 2.95. The number of nitrogen functional groups attached to an aromatic ring is 1. The first-order valence-electron chi connectivity index (χ1n) is 7.17. The number of nitrogens with two attached hydrogens (primary N) is 1. The topological polar surface area (TPSA) is 178 Å². The van der Waals surface area contributed by atoms with E-state index in [1.807, 2.05) is 0 Å². The van der Waals surface area contributed by atoms with Crippen LogP contribution in [0.2, 0.25) is 0 Å². The first kappa shape index (κ1) is 18.5. The van der Waals surface area contributed by atoms with E-state index in [0.29, 0.717) is 0 Å². The van der Waals surface area contributed by atoms with Crippen molar-refractivity contribution >= 4 is 36.0 Å². The molecule has 3 rings (SSSR count). The maximum Gasteiger partial charge on any atom is 0.321 e. The molecule has 14 heteroatoms. The Morgan fingerprint density at radius 2 is 2.16 bits per heavy atom. The Kier molecular flexibility index (Phi) is 4.77. The smallest absolute Gasteiger partial charge is 0.321 e. The molecule has 0 bridgehead atoms. The summed E-state index contributed by atoms with van der Waals surface area (Å²) >= 11 is 4.34. The van der Waals surface area contributed by atoms with E-state index in [0.717, 1.165) is 0 Å². The Morgan fingerprint density at radius 1 is 1.48 bits per heavy atom. The summed E-state index contributed by atoms with van der Waals surface area (Å²) in [4.78, 5) is 39.8. The van der Waals surface area contributed by atoms with Crippen molar-refractivity contribution in [3.63, 3.8) is 0 Å². The molecular formula is C11H18N5O7PS. The molecule has 1 aromatic heterocycles. The second kappa shape index (κ2) is 6.45. The zero-order valence-electron chi connectivity index (χ0n) is 13.0. The summed E-state index contributed by atoms with van der Waals surface area (Å²) in [5.41, 5.74) is 5.38. The number of nitrogens with zero attached hydrogens (tertiary/aromatic N) is 3. The van der Waals surface area contributed by atoms with Crippen molar-refractivity contribution in [2.75, 3.05) is 35.9 Å². The van der Waals surface area contributed by atoms with Gasteiger partial charge in [0.2, 0.25) is 5.95 Å². The predicted octanol–water partition coefficient (Wildman–Crippen LogP) is -2.76. The zero-order chi connectivity index (χ0) is 18.5. The van der Waals surface area contributed by atoms with E-state index < -0.39 is 43.4 Å². The van der Waals surface area contributed by atoms with Crippen LogP contribution in [0.3, 0.4) is 0 Å². The van der Waals surface area contributed by atoms with Crippen molar-refractivity contribution in [2.24, 2.45) is 0 Å². The fourth-order valence-electron chi connectivity index (χ4n) is 2.88. The molecule has 0 aliphatic carbocycles. The van der Waals surface area contributed by atoms with Gasteiger partial charge in [-0.2, -0.15) is 4.98 Å². The van der Waals surface area contributed by atoms with Gasteiger partial charge in [-0.3, -0.25) is 9.78 Å². The van der Waals surface area contributed by atoms with Crippen molar-refractivity contribution in [2.45, 2.75) is 24.5 Å². The van der Waals surface area contributed by atoms with Crippen LogP contribution in [0.4, 0.5) is 17.5 Å². The van der Waals surface area contributed by atoms with Crippen molar-refractivity contribution in [1.29, 1.82) is 0 Å². The van der Waals surface area contributed by atoms with Gasteiger partial charge in [0, 0.05) is 7.05 Å². The number of aliphatic hydroxyl groups is 2. The van der Waals surface area contributed by atoms with Crippen LogP contribution >= 0.6 is 6.72 Å². The molecule has 1 aromatic rings. The van der Waals surface area contributed by atoms with Crippen LogP contribution in [0.25, 0.3) is 0 Å². The summed E-state index contributed by atoms with van der Waals surface area (Å²) in [6.07, 6.45) is -4.81. The molecule has 0 unspecified atom stereocenters. The molecule has 1 saturated heterocycles. The lowest BCUT2D eigenvalue weighted by molar-refractivity contribution is -0.0186. The number of hydrogen-bond acceptors (Lipinski definition) is 10. The highest BCUT2D eigenvalue weighted by atomic mass is 32.5. The Labute approximate surface area is 146 Å². The molecule has 1 fully saturated rings. The highest BCUT2D eigenvalue weighted by Crippen LogP contribution is 2.39. The van der Waals surface area contributed by atoms with Crippen LogP contribution in [-0.2, 0) is 21.1 Å².